The minimum Gasteiger partial charge on any atom is -0.366 e. The second kappa shape index (κ2) is 7.73. The number of rotatable bonds is 4. The van der Waals surface area contributed by atoms with Crippen LogP contribution in [0.5, 0.6) is 0 Å². The minimum absolute atomic E-state index is 0.0109. The normalized spacial score (nSPS) is 13.4. The van der Waals surface area contributed by atoms with Crippen molar-refractivity contribution < 1.29 is 13.2 Å². The number of carbonyl (C=O) groups is 1. The first-order valence-electron chi connectivity index (χ1n) is 8.46. The maximum absolute atomic E-state index is 12.4. The number of benzene rings is 2. The first-order valence-corrected chi connectivity index (χ1v) is 9.94. The van der Waals surface area contributed by atoms with Crippen LogP contribution in [0.4, 0.5) is 0 Å². The maximum Gasteiger partial charge on any atom is 0.248 e. The van der Waals surface area contributed by atoms with Gasteiger partial charge in [0.05, 0.1) is 11.4 Å². The van der Waals surface area contributed by atoms with Crippen LogP contribution in [0.25, 0.3) is 0 Å². The van der Waals surface area contributed by atoms with Gasteiger partial charge in [0.15, 0.2) is 0 Å². The third kappa shape index (κ3) is 4.31. The lowest BCUT2D eigenvalue weighted by Gasteiger charge is -2.16. The number of nitrogens with two attached hydrogens (primary N) is 1. The number of amides is 1. The van der Waals surface area contributed by atoms with E-state index in [1.807, 2.05) is 6.07 Å². The van der Waals surface area contributed by atoms with E-state index in [9.17, 15) is 13.2 Å². The van der Waals surface area contributed by atoms with Gasteiger partial charge in [0, 0.05) is 11.1 Å². The Labute approximate surface area is 153 Å². The summed E-state index contributed by atoms with van der Waals surface area (Å²) in [5.74, 6) is 5.14. The number of sulfonamides is 1. The van der Waals surface area contributed by atoms with Crippen LogP contribution in [-0.2, 0) is 22.9 Å². The molecule has 5 nitrogen and oxygen atoms in total. The molecular formula is C20H20N2O3S. The summed E-state index contributed by atoms with van der Waals surface area (Å²) in [6, 6.07) is 11.9. The van der Waals surface area contributed by atoms with E-state index in [0.29, 0.717) is 11.1 Å². The van der Waals surface area contributed by atoms with E-state index in [1.54, 1.807) is 36.4 Å². The molecule has 2 aromatic rings. The molecule has 0 aromatic heterocycles. The molecule has 6 heteroatoms. The molecule has 1 aliphatic carbocycles. The molecule has 0 heterocycles. The summed E-state index contributed by atoms with van der Waals surface area (Å²) in [4.78, 5) is 11.3. The second-order valence-corrected chi connectivity index (χ2v) is 7.97. The van der Waals surface area contributed by atoms with E-state index in [0.717, 1.165) is 31.2 Å². The van der Waals surface area contributed by atoms with Gasteiger partial charge in [-0.05, 0) is 73.2 Å². The lowest BCUT2D eigenvalue weighted by molar-refractivity contribution is 0.100. The molecule has 26 heavy (non-hydrogen) atoms. The molecule has 3 rings (SSSR count). The summed E-state index contributed by atoms with van der Waals surface area (Å²) in [6.07, 6.45) is 4.21. The summed E-state index contributed by atoms with van der Waals surface area (Å²) in [6.45, 7) is 0.0109. The molecule has 0 spiro atoms. The Bertz CT molecular complexity index is 984. The number of hydrogen-bond acceptors (Lipinski definition) is 3. The van der Waals surface area contributed by atoms with Gasteiger partial charge in [0.25, 0.3) is 0 Å². The summed E-state index contributed by atoms with van der Waals surface area (Å²) in [5.41, 5.74) is 8.64. The predicted octanol–water partition coefficient (Wildman–Crippen LogP) is 1.99. The molecule has 0 bridgehead atoms. The highest BCUT2D eigenvalue weighted by molar-refractivity contribution is 7.89. The molecule has 0 saturated carbocycles. The summed E-state index contributed by atoms with van der Waals surface area (Å²) >= 11 is 0. The van der Waals surface area contributed by atoms with Crippen molar-refractivity contribution in [3.05, 3.63) is 64.7 Å². The zero-order valence-electron chi connectivity index (χ0n) is 14.3. The third-order valence-corrected chi connectivity index (χ3v) is 5.78. The van der Waals surface area contributed by atoms with Crippen LogP contribution >= 0.6 is 0 Å². The van der Waals surface area contributed by atoms with Crippen LogP contribution in [0.15, 0.2) is 47.4 Å². The van der Waals surface area contributed by atoms with E-state index in [2.05, 4.69) is 16.6 Å². The highest BCUT2D eigenvalue weighted by Gasteiger charge is 2.16. The van der Waals surface area contributed by atoms with Gasteiger partial charge in [-0.2, -0.15) is 4.72 Å². The fourth-order valence-corrected chi connectivity index (χ4v) is 3.93. The average Bonchev–Trinajstić information content (AvgIpc) is 2.65. The Kier molecular flexibility index (Phi) is 5.40. The molecular weight excluding hydrogens is 348 g/mol. The Morgan fingerprint density at radius 3 is 2.42 bits per heavy atom. The first kappa shape index (κ1) is 18.2. The number of primary amides is 1. The Balaban J connectivity index is 1.65. The van der Waals surface area contributed by atoms with Crippen molar-refractivity contribution in [2.75, 3.05) is 6.54 Å². The number of nitrogens with one attached hydrogen (secondary N) is 1. The summed E-state index contributed by atoms with van der Waals surface area (Å²) in [7, 11) is -3.58. The molecule has 2 aromatic carbocycles. The lowest BCUT2D eigenvalue weighted by atomic mass is 9.92. The standard InChI is InChI=1S/C20H20N2O3S/c21-20(23)17-9-7-15(8-10-17)4-3-13-22-26(24,25)19-12-11-16-5-1-2-6-18(16)14-19/h7-12,14,22H,1-2,5-6,13H2,(H2,21,23). The second-order valence-electron chi connectivity index (χ2n) is 6.21. The largest absolute Gasteiger partial charge is 0.366 e. The van der Waals surface area contributed by atoms with Crippen molar-refractivity contribution in [1.82, 2.24) is 4.72 Å². The Morgan fingerprint density at radius 2 is 1.73 bits per heavy atom. The van der Waals surface area contributed by atoms with Crippen molar-refractivity contribution in [3.63, 3.8) is 0 Å². The predicted molar refractivity (Wildman–Crippen MR) is 100 cm³/mol. The number of carbonyl (C=O) groups excluding carboxylic acids is 1. The topological polar surface area (TPSA) is 89.3 Å². The van der Waals surface area contributed by atoms with Crippen molar-refractivity contribution in [3.8, 4) is 11.8 Å². The maximum atomic E-state index is 12.4. The smallest absolute Gasteiger partial charge is 0.248 e. The molecule has 0 saturated heterocycles. The fraction of sp³-hybridized carbons (Fsp3) is 0.250. The van der Waals surface area contributed by atoms with Crippen molar-refractivity contribution in [2.24, 2.45) is 5.73 Å². The van der Waals surface area contributed by atoms with Gasteiger partial charge in [0.2, 0.25) is 15.9 Å². The van der Waals surface area contributed by atoms with E-state index >= 15 is 0 Å². The Hall–Kier alpha value is -2.62. The van der Waals surface area contributed by atoms with Gasteiger partial charge in [0.1, 0.15) is 0 Å². The molecule has 134 valence electrons. The van der Waals surface area contributed by atoms with Gasteiger partial charge in [-0.1, -0.05) is 17.9 Å². The molecule has 0 aliphatic heterocycles. The van der Waals surface area contributed by atoms with Gasteiger partial charge < -0.3 is 5.73 Å². The van der Waals surface area contributed by atoms with E-state index in [1.165, 1.54) is 5.56 Å². The van der Waals surface area contributed by atoms with Crippen molar-refractivity contribution in [2.45, 2.75) is 30.6 Å². The molecule has 0 unspecified atom stereocenters. The lowest BCUT2D eigenvalue weighted by Crippen LogP contribution is -2.24. The highest BCUT2D eigenvalue weighted by atomic mass is 32.2. The van der Waals surface area contributed by atoms with Crippen LogP contribution in [-0.4, -0.2) is 20.9 Å². The van der Waals surface area contributed by atoms with Crippen LogP contribution in [0, 0.1) is 11.8 Å². The fourth-order valence-electron chi connectivity index (χ4n) is 2.96. The van der Waals surface area contributed by atoms with Crippen LogP contribution in [0.2, 0.25) is 0 Å². The van der Waals surface area contributed by atoms with Crippen LogP contribution < -0.4 is 10.5 Å². The molecule has 1 aliphatic rings. The monoisotopic (exact) mass is 368 g/mol. The van der Waals surface area contributed by atoms with E-state index < -0.39 is 15.9 Å². The minimum atomic E-state index is -3.58. The summed E-state index contributed by atoms with van der Waals surface area (Å²) in [5, 5.41) is 0. The molecule has 0 radical (unpaired) electrons. The van der Waals surface area contributed by atoms with Crippen LogP contribution in [0.1, 0.15) is 39.9 Å². The number of fused-ring (bicyclic) bond motifs is 1. The highest BCUT2D eigenvalue weighted by Crippen LogP contribution is 2.23. The zero-order chi connectivity index (χ0) is 18.6. The van der Waals surface area contributed by atoms with E-state index in [4.69, 9.17) is 5.73 Å². The quantitative estimate of drug-likeness (QED) is 0.809. The van der Waals surface area contributed by atoms with Gasteiger partial charge >= 0.3 is 0 Å². The molecule has 3 N–H and O–H groups in total. The van der Waals surface area contributed by atoms with Crippen molar-refractivity contribution >= 4 is 15.9 Å². The molecule has 0 atom stereocenters. The first-order chi connectivity index (χ1) is 12.5. The third-order valence-electron chi connectivity index (χ3n) is 4.38. The van der Waals surface area contributed by atoms with Gasteiger partial charge in [-0.25, -0.2) is 8.42 Å². The average molecular weight is 368 g/mol. The van der Waals surface area contributed by atoms with Crippen molar-refractivity contribution in [1.29, 1.82) is 0 Å². The molecule has 0 fully saturated rings. The summed E-state index contributed by atoms with van der Waals surface area (Å²) < 4.78 is 27.3. The zero-order valence-corrected chi connectivity index (χ0v) is 15.1. The van der Waals surface area contributed by atoms with E-state index in [-0.39, 0.29) is 11.4 Å². The number of hydrogen-bond donors (Lipinski definition) is 2. The Morgan fingerprint density at radius 1 is 1.04 bits per heavy atom. The van der Waals surface area contributed by atoms with Crippen LogP contribution in [0.3, 0.4) is 0 Å². The SMILES string of the molecule is NC(=O)c1ccc(C#CCNS(=O)(=O)c2ccc3c(c2)CCCC3)cc1. The molecule has 1 amide bonds. The number of aryl methyl sites for hydroxylation is 2. The van der Waals surface area contributed by atoms with Gasteiger partial charge in [-0.3, -0.25) is 4.79 Å². The van der Waals surface area contributed by atoms with Gasteiger partial charge in [-0.15, -0.1) is 0 Å².